The van der Waals surface area contributed by atoms with Crippen LogP contribution < -0.4 is 0 Å². The predicted molar refractivity (Wildman–Crippen MR) is 110 cm³/mol. The van der Waals surface area contributed by atoms with Gasteiger partial charge in [-0.1, -0.05) is 0 Å². The highest BCUT2D eigenvalue weighted by Gasteiger charge is 3.07. The molecule has 0 aromatic heterocycles. The van der Waals surface area contributed by atoms with Gasteiger partial charge >= 0.3 is 131 Å². The molecule has 3 nitrogen and oxygen atoms in total. The van der Waals surface area contributed by atoms with Crippen LogP contribution in [0.5, 0.6) is 0 Å². The van der Waals surface area contributed by atoms with Gasteiger partial charge in [-0.15, -0.1) is 0 Å². The summed E-state index contributed by atoms with van der Waals surface area (Å²) in [6.07, 6.45) is -32.6. The molecule has 400 valence electrons. The third-order valence-corrected chi connectivity index (χ3v) is 8.56. The second-order valence-corrected chi connectivity index (χ2v) is 12.8. The van der Waals surface area contributed by atoms with Gasteiger partial charge in [0.1, 0.15) is 0 Å². The van der Waals surface area contributed by atoms with Crippen molar-refractivity contribution in [1.29, 1.82) is 0 Å². The van der Waals surface area contributed by atoms with E-state index in [-0.39, 0.29) is 0 Å². The van der Waals surface area contributed by atoms with E-state index in [2.05, 4.69) is 0 Å². The normalized spacial score (nSPS) is 25.7. The van der Waals surface area contributed by atoms with Crippen LogP contribution in [0.2, 0.25) is 0 Å². The fraction of sp³-hybridized carbons (Fsp3) is 1.00. The van der Waals surface area contributed by atoms with Crippen molar-refractivity contribution in [1.82, 2.24) is 0 Å². The molecule has 2 fully saturated rings. The molecule has 0 bridgehead atoms. The van der Waals surface area contributed by atoms with Gasteiger partial charge in [-0.25, -0.2) is 0 Å². The van der Waals surface area contributed by atoms with Crippen LogP contribution in [-0.4, -0.2) is 131 Å². The maximum Gasteiger partial charge on any atom is 0.460 e. The molecule has 0 aromatic rings. The van der Waals surface area contributed by atoms with Crippen molar-refractivity contribution in [3.05, 3.63) is 0 Å². The van der Waals surface area contributed by atoms with Crippen LogP contribution in [0, 0.1) is 0 Å². The second kappa shape index (κ2) is 13.9. The number of epoxide rings is 2. The summed E-state index contributed by atoms with van der Waals surface area (Å²) in [5, 5.41) is 0. The molecule has 0 aliphatic carbocycles. The summed E-state index contributed by atoms with van der Waals surface area (Å²) >= 11 is 0. The van der Waals surface area contributed by atoms with Crippen LogP contribution >= 0.6 is 0 Å². The summed E-state index contributed by atoms with van der Waals surface area (Å²) in [6, 6.07) is 0. The molecule has 45 heteroatoms. The van der Waals surface area contributed by atoms with Gasteiger partial charge in [-0.05, 0) is 0 Å². The van der Waals surface area contributed by atoms with Crippen LogP contribution in [0.3, 0.4) is 0 Å². The first-order chi connectivity index (χ1) is 28.1. The largest absolute Gasteiger partial charge is 0.460 e. The van der Waals surface area contributed by atoms with E-state index in [4.69, 9.17) is 0 Å². The lowest BCUT2D eigenvalue weighted by molar-refractivity contribution is -0.516. The zero-order valence-corrected chi connectivity index (χ0v) is 28.1. The van der Waals surface area contributed by atoms with E-state index < -0.39 is 131 Å². The maximum absolute atomic E-state index is 15.6. The molecule has 67 heavy (non-hydrogen) atoms. The highest BCUT2D eigenvalue weighted by molar-refractivity contribution is 5.26. The Balaban J connectivity index is 3.19. The molecule has 0 aromatic carbocycles. The lowest BCUT2D eigenvalue weighted by Crippen LogP contribution is -2.80. The summed E-state index contributed by atoms with van der Waals surface area (Å²) < 4.78 is 585. The Labute approximate surface area is 331 Å². The predicted octanol–water partition coefficient (Wildman–Crippen LogP) is 12.9. The fourth-order valence-electron chi connectivity index (χ4n) is 4.40. The maximum atomic E-state index is 15.6. The van der Waals surface area contributed by atoms with Crippen molar-refractivity contribution >= 4 is 0 Å². The molecule has 0 N–H and O–H groups in total. The molecule has 2 aliphatic rings. The zero-order valence-electron chi connectivity index (χ0n) is 28.1. The van der Waals surface area contributed by atoms with E-state index in [1.54, 1.807) is 0 Å². The average Bonchev–Trinajstić information content (AvgIpc) is 3.85. The van der Waals surface area contributed by atoms with Crippen LogP contribution in [-0.2, 0) is 14.2 Å². The van der Waals surface area contributed by atoms with Crippen molar-refractivity contribution in [3.63, 3.8) is 0 Å². The van der Waals surface area contributed by atoms with Crippen molar-refractivity contribution in [2.24, 2.45) is 0 Å². The van der Waals surface area contributed by atoms with E-state index in [0.717, 1.165) is 4.74 Å². The highest BCUT2D eigenvalue weighted by atomic mass is 19.5. The van der Waals surface area contributed by atoms with Crippen LogP contribution in [0.1, 0.15) is 0 Å². The van der Waals surface area contributed by atoms with Crippen molar-refractivity contribution < 1.29 is 199 Å². The minimum absolute atomic E-state index is 0.854. The summed E-state index contributed by atoms with van der Waals surface area (Å²) in [5.74, 6) is -178. The summed E-state index contributed by atoms with van der Waals surface area (Å²) in [5.41, 5.74) is 0. The Hall–Kier alpha value is -3.06. The molecule has 0 spiro atoms. The molecular formula is C22F42O3. The molecule has 2 heterocycles. The Bertz CT molecular complexity index is 1770. The Morgan fingerprint density at radius 1 is 0.209 bits per heavy atom. The van der Waals surface area contributed by atoms with E-state index >= 15 is 8.78 Å². The molecule has 0 amide bonds. The number of hydrogen-bond acceptors (Lipinski definition) is 3. The van der Waals surface area contributed by atoms with E-state index in [1.807, 2.05) is 0 Å². The number of hydrogen-bond donors (Lipinski definition) is 0. The SMILES string of the molecule is FC(F)(F)C(F)(F)C(F)(F)C(F)(F)C(F)(F)C(F)(F)C(F)(F)C(F)(F)C(F)(OC(F)(C(F)(F)C(F)(F)C(F)(F)C(F)(F)C(F)(F)C(F)(F)C(F)(F)C(F)(F)F)C1(F)OC1(F)F)C1(F)OC1(F)F. The molecule has 4 unspecified atom stereocenters. The van der Waals surface area contributed by atoms with Gasteiger partial charge in [-0.3, -0.25) is 14.2 Å². The topological polar surface area (TPSA) is 34.3 Å². The van der Waals surface area contributed by atoms with Crippen molar-refractivity contribution in [2.75, 3.05) is 0 Å². The van der Waals surface area contributed by atoms with Gasteiger partial charge in [-0.2, -0.15) is 184 Å². The third kappa shape index (κ3) is 6.41. The summed E-state index contributed by atoms with van der Waals surface area (Å²) in [4.78, 5) is 0. The number of ether oxygens (including phenoxy) is 3. The Kier molecular flexibility index (Phi) is 12.4. The fourth-order valence-corrected chi connectivity index (χ4v) is 4.40. The van der Waals surface area contributed by atoms with Crippen molar-refractivity contribution in [3.8, 4) is 0 Å². The Morgan fingerprint density at radius 2 is 0.328 bits per heavy atom. The number of alkyl halides is 42. The molecule has 0 radical (unpaired) electrons. The van der Waals surface area contributed by atoms with E-state index in [0.29, 0.717) is 0 Å². The van der Waals surface area contributed by atoms with Crippen LogP contribution in [0.15, 0.2) is 0 Å². The molecule has 2 rings (SSSR count). The van der Waals surface area contributed by atoms with Gasteiger partial charge in [0.2, 0.25) is 0 Å². The van der Waals surface area contributed by atoms with Crippen LogP contribution in [0.25, 0.3) is 0 Å². The second-order valence-electron chi connectivity index (χ2n) is 12.8. The number of halogens is 42. The minimum atomic E-state index is -10.5. The molecule has 2 saturated heterocycles. The first kappa shape index (κ1) is 60.1. The standard InChI is InChI=1S/C22F42O3/c23-1(24,5(31,32)9(39,40)13(47,48)19(55,56)57)3(27,28)7(35,36)11(43,44)15(51,17(53)21(61,62)66-17)65-16(52,18(54)22(63,64)67-18)12(45,46)8(37,38)4(29,30)2(25,26)6(33,34)10(41,42)14(49,50)20(58,59)60. The third-order valence-electron chi connectivity index (χ3n) is 8.56. The van der Waals surface area contributed by atoms with Crippen molar-refractivity contribution in [2.45, 2.75) is 131 Å². The van der Waals surface area contributed by atoms with E-state index in [9.17, 15) is 176 Å². The minimum Gasteiger partial charge on any atom is -0.288 e. The Morgan fingerprint density at radius 3 is 0.448 bits per heavy atom. The molecular weight excluding hydrogens is 1110 g/mol. The highest BCUT2D eigenvalue weighted by Crippen LogP contribution is 2.76. The van der Waals surface area contributed by atoms with Gasteiger partial charge in [0.15, 0.2) is 0 Å². The lowest BCUT2D eigenvalue weighted by Gasteiger charge is -2.48. The van der Waals surface area contributed by atoms with Gasteiger partial charge in [0, 0.05) is 0 Å². The van der Waals surface area contributed by atoms with E-state index in [1.165, 1.54) is 9.47 Å². The summed E-state index contributed by atoms with van der Waals surface area (Å²) in [7, 11) is 0. The van der Waals surface area contributed by atoms with Crippen LogP contribution in [0.4, 0.5) is 184 Å². The van der Waals surface area contributed by atoms with Gasteiger partial charge in [0.05, 0.1) is 0 Å². The average molecular weight is 1110 g/mol. The quantitative estimate of drug-likeness (QED) is 0.101. The molecule has 2 aliphatic heterocycles. The van der Waals surface area contributed by atoms with Gasteiger partial charge in [0.25, 0.3) is 0 Å². The molecule has 0 saturated carbocycles. The van der Waals surface area contributed by atoms with Gasteiger partial charge < -0.3 is 0 Å². The lowest BCUT2D eigenvalue weighted by atomic mass is 9.84. The smallest absolute Gasteiger partial charge is 0.288 e. The molecule has 4 atom stereocenters. The monoisotopic (exact) mass is 1110 g/mol. The zero-order chi connectivity index (χ0) is 55.1. The number of rotatable bonds is 18. The summed E-state index contributed by atoms with van der Waals surface area (Å²) in [6.45, 7) is 0. The first-order valence-electron chi connectivity index (χ1n) is 14.2. The first-order valence-corrected chi connectivity index (χ1v) is 14.2.